The van der Waals surface area contributed by atoms with Gasteiger partial charge in [0, 0.05) is 20.5 Å². The molecule has 0 saturated heterocycles. The number of benzene rings is 3. The van der Waals surface area contributed by atoms with Gasteiger partial charge >= 0.3 is 5.69 Å². The number of fused-ring (bicyclic) bond motifs is 5. The second kappa shape index (κ2) is 7.56. The van der Waals surface area contributed by atoms with Crippen molar-refractivity contribution in [3.05, 3.63) is 117 Å². The van der Waals surface area contributed by atoms with Crippen LogP contribution >= 0.6 is 0 Å². The van der Waals surface area contributed by atoms with E-state index in [2.05, 4.69) is 16.5 Å². The lowest BCUT2D eigenvalue weighted by atomic mass is 10.1. The van der Waals surface area contributed by atoms with Gasteiger partial charge in [0.05, 0.1) is 38.8 Å². The fraction of sp³-hybridized carbons (Fsp3) is 0.107. The minimum atomic E-state index is -0.358. The third-order valence-electron chi connectivity index (χ3n) is 6.49. The molecule has 0 aliphatic rings. The zero-order valence-electron chi connectivity index (χ0n) is 18.9. The summed E-state index contributed by atoms with van der Waals surface area (Å²) >= 11 is 0. The highest BCUT2D eigenvalue weighted by atomic mass is 16.2. The molecule has 0 N–H and O–H groups in total. The van der Waals surface area contributed by atoms with E-state index < -0.39 is 0 Å². The van der Waals surface area contributed by atoms with Crippen molar-refractivity contribution in [1.29, 1.82) is 0 Å². The number of hydrogen-bond donors (Lipinski definition) is 0. The summed E-state index contributed by atoms with van der Waals surface area (Å²) in [6.07, 6.45) is 0.575. The van der Waals surface area contributed by atoms with Crippen molar-refractivity contribution < 1.29 is 0 Å². The van der Waals surface area contributed by atoms with E-state index in [-0.39, 0.29) is 11.2 Å². The summed E-state index contributed by atoms with van der Waals surface area (Å²) in [7, 11) is 3.25. The van der Waals surface area contributed by atoms with E-state index in [1.54, 1.807) is 11.6 Å². The number of rotatable bonds is 3. The highest BCUT2D eigenvalue weighted by molar-refractivity contribution is 6.07. The van der Waals surface area contributed by atoms with Gasteiger partial charge in [-0.15, -0.1) is 0 Å². The Kier molecular flexibility index (Phi) is 4.48. The lowest BCUT2D eigenvalue weighted by Gasteiger charge is -2.12. The van der Waals surface area contributed by atoms with E-state index in [0.717, 1.165) is 39.1 Å². The molecule has 6 heteroatoms. The van der Waals surface area contributed by atoms with Crippen LogP contribution in [0.1, 0.15) is 11.3 Å². The first-order valence-corrected chi connectivity index (χ1v) is 11.2. The van der Waals surface area contributed by atoms with E-state index >= 15 is 0 Å². The van der Waals surface area contributed by atoms with Crippen LogP contribution in [-0.2, 0) is 20.5 Å². The summed E-state index contributed by atoms with van der Waals surface area (Å²) in [5.74, 6) is 0. The molecule has 6 rings (SSSR count). The summed E-state index contributed by atoms with van der Waals surface area (Å²) in [6, 6.07) is 27.9. The molecule has 166 valence electrons. The van der Waals surface area contributed by atoms with Crippen molar-refractivity contribution in [2.24, 2.45) is 14.1 Å². The minimum absolute atomic E-state index is 0.310. The highest BCUT2D eigenvalue weighted by Gasteiger charge is 2.25. The number of nitrogens with zero attached hydrogens (tertiary/aromatic N) is 4. The van der Waals surface area contributed by atoms with Gasteiger partial charge in [0.2, 0.25) is 0 Å². The Hall–Kier alpha value is -4.45. The molecule has 0 spiro atoms. The van der Waals surface area contributed by atoms with E-state index in [1.165, 1.54) is 11.6 Å². The van der Waals surface area contributed by atoms with Crippen molar-refractivity contribution in [2.45, 2.75) is 6.42 Å². The zero-order valence-corrected chi connectivity index (χ0v) is 18.9. The van der Waals surface area contributed by atoms with Gasteiger partial charge in [0.15, 0.2) is 0 Å². The molecule has 3 aromatic carbocycles. The molecule has 0 unspecified atom stereocenters. The van der Waals surface area contributed by atoms with E-state index in [0.29, 0.717) is 17.3 Å². The molecule has 0 aliphatic heterocycles. The SMILES string of the molecule is Cn1c(=O)c2c(-c3ccccc3)n3c4ccccc4nc(Cc4ccccc4)c3c2n(C)c1=O. The van der Waals surface area contributed by atoms with Crippen LogP contribution in [-0.4, -0.2) is 18.5 Å². The number of aromatic nitrogens is 4. The monoisotopic (exact) mass is 446 g/mol. The lowest BCUT2D eigenvalue weighted by molar-refractivity contribution is 0.715. The Morgan fingerprint density at radius 1 is 0.735 bits per heavy atom. The summed E-state index contributed by atoms with van der Waals surface area (Å²) in [5, 5.41) is 0.517. The van der Waals surface area contributed by atoms with Crippen LogP contribution in [0.5, 0.6) is 0 Å². The molecule has 0 amide bonds. The van der Waals surface area contributed by atoms with Crippen molar-refractivity contribution in [1.82, 2.24) is 18.5 Å². The van der Waals surface area contributed by atoms with Crippen LogP contribution in [0.15, 0.2) is 94.5 Å². The van der Waals surface area contributed by atoms with Crippen LogP contribution in [0.4, 0.5) is 0 Å². The van der Waals surface area contributed by atoms with Crippen molar-refractivity contribution in [3.8, 4) is 11.3 Å². The average molecular weight is 447 g/mol. The number of hydrogen-bond acceptors (Lipinski definition) is 3. The van der Waals surface area contributed by atoms with Gasteiger partial charge in [-0.3, -0.25) is 13.9 Å². The molecule has 0 bridgehead atoms. The van der Waals surface area contributed by atoms with Gasteiger partial charge in [-0.25, -0.2) is 9.78 Å². The molecule has 3 heterocycles. The van der Waals surface area contributed by atoms with Gasteiger partial charge in [0.1, 0.15) is 0 Å². The predicted molar refractivity (Wildman–Crippen MR) is 135 cm³/mol. The van der Waals surface area contributed by atoms with E-state index in [4.69, 9.17) is 4.98 Å². The molecule has 0 aliphatic carbocycles. The Morgan fingerprint density at radius 3 is 2.12 bits per heavy atom. The smallest absolute Gasteiger partial charge is 0.303 e. The van der Waals surface area contributed by atoms with Gasteiger partial charge in [-0.05, 0) is 23.3 Å². The largest absolute Gasteiger partial charge is 0.331 e. The number of aryl methyl sites for hydroxylation is 1. The minimum Gasteiger partial charge on any atom is -0.303 e. The quantitative estimate of drug-likeness (QED) is 0.407. The molecule has 3 aromatic heterocycles. The van der Waals surface area contributed by atoms with Crippen molar-refractivity contribution in [3.63, 3.8) is 0 Å². The van der Waals surface area contributed by atoms with Crippen LogP contribution in [0.3, 0.4) is 0 Å². The topological polar surface area (TPSA) is 61.3 Å². The molecule has 0 atom stereocenters. The Labute approximate surface area is 195 Å². The zero-order chi connectivity index (χ0) is 23.4. The van der Waals surface area contributed by atoms with Gasteiger partial charge < -0.3 is 4.40 Å². The summed E-state index contributed by atoms with van der Waals surface area (Å²) in [4.78, 5) is 31.6. The fourth-order valence-corrected chi connectivity index (χ4v) is 4.90. The molecular formula is C28H22N4O2. The molecule has 6 aromatic rings. The Balaban J connectivity index is 1.92. The maximum Gasteiger partial charge on any atom is 0.331 e. The van der Waals surface area contributed by atoms with E-state index in [9.17, 15) is 9.59 Å². The third-order valence-corrected chi connectivity index (χ3v) is 6.49. The first kappa shape index (κ1) is 20.2. The fourth-order valence-electron chi connectivity index (χ4n) is 4.90. The van der Waals surface area contributed by atoms with Crippen LogP contribution in [0.2, 0.25) is 0 Å². The third kappa shape index (κ3) is 2.85. The van der Waals surface area contributed by atoms with Crippen LogP contribution in [0, 0.1) is 0 Å². The highest BCUT2D eigenvalue weighted by Crippen LogP contribution is 2.36. The maximum atomic E-state index is 13.6. The molecular weight excluding hydrogens is 424 g/mol. The molecule has 0 radical (unpaired) electrons. The average Bonchev–Trinajstić information content (AvgIpc) is 3.24. The number of para-hydroxylation sites is 2. The van der Waals surface area contributed by atoms with Crippen molar-refractivity contribution in [2.75, 3.05) is 0 Å². The molecule has 0 saturated carbocycles. The normalized spacial score (nSPS) is 11.6. The summed E-state index contributed by atoms with van der Waals surface area (Å²) in [5.41, 5.74) is 6.06. The first-order chi connectivity index (χ1) is 16.6. The summed E-state index contributed by atoms with van der Waals surface area (Å²) in [6.45, 7) is 0. The first-order valence-electron chi connectivity index (χ1n) is 11.2. The van der Waals surface area contributed by atoms with Crippen LogP contribution < -0.4 is 11.2 Å². The van der Waals surface area contributed by atoms with Crippen molar-refractivity contribution >= 4 is 27.5 Å². The van der Waals surface area contributed by atoms with Gasteiger partial charge in [-0.2, -0.15) is 0 Å². The Morgan fingerprint density at radius 2 is 1.38 bits per heavy atom. The standard InChI is InChI=1S/C28H22N4O2/c1-30-26-23(27(33)31(2)28(30)34)24(19-13-7-4-8-14-19)32-22-16-10-9-15-20(22)29-21(25(26)32)17-18-11-5-3-6-12-18/h3-16H,17H2,1-2H3. The molecule has 6 nitrogen and oxygen atoms in total. The van der Waals surface area contributed by atoms with Gasteiger partial charge in [0.25, 0.3) is 5.56 Å². The second-order valence-corrected chi connectivity index (χ2v) is 8.54. The predicted octanol–water partition coefficient (Wildman–Crippen LogP) is 4.30. The maximum absolute atomic E-state index is 13.6. The molecule has 0 fully saturated rings. The van der Waals surface area contributed by atoms with Crippen LogP contribution in [0.25, 0.3) is 38.7 Å². The molecule has 34 heavy (non-hydrogen) atoms. The van der Waals surface area contributed by atoms with Gasteiger partial charge in [-0.1, -0.05) is 72.8 Å². The second-order valence-electron chi connectivity index (χ2n) is 8.54. The summed E-state index contributed by atoms with van der Waals surface area (Å²) < 4.78 is 4.87. The lowest BCUT2D eigenvalue weighted by Crippen LogP contribution is -2.36. The Bertz CT molecular complexity index is 1830. The van der Waals surface area contributed by atoms with E-state index in [1.807, 2.05) is 72.8 Å².